The topological polar surface area (TPSA) is 80.2 Å². The Hall–Kier alpha value is -1.29. The predicted molar refractivity (Wildman–Crippen MR) is 108 cm³/mol. The Balaban J connectivity index is 0.000000412. The molecule has 0 aliphatic heterocycles. The zero-order valence-electron chi connectivity index (χ0n) is 16.1. The molecule has 31 heavy (non-hydrogen) atoms. The van der Waals surface area contributed by atoms with Crippen LogP contribution in [0, 0.1) is 64.2 Å². The van der Waals surface area contributed by atoms with Crippen molar-refractivity contribution >= 4 is 10.1 Å². The molecule has 10 radical (unpaired) electrons. The van der Waals surface area contributed by atoms with Crippen molar-refractivity contribution in [1.29, 1.82) is 0 Å². The molecule has 158 valence electrons. The van der Waals surface area contributed by atoms with E-state index in [1.54, 1.807) is 12.4 Å². The van der Waals surface area contributed by atoms with Crippen LogP contribution in [0.5, 0.6) is 0 Å². The monoisotopic (exact) mass is 484 g/mol. The van der Waals surface area contributed by atoms with E-state index in [2.05, 4.69) is 9.97 Å². The minimum absolute atomic E-state index is 0. The molecule has 5 nitrogen and oxygen atoms in total. The van der Waals surface area contributed by atoms with Crippen LogP contribution in [-0.2, 0) is 31.8 Å². The van der Waals surface area contributed by atoms with Gasteiger partial charge in [-0.2, -0.15) is 21.6 Å². The van der Waals surface area contributed by atoms with Crippen LogP contribution < -0.4 is 0 Å². The van der Waals surface area contributed by atoms with Gasteiger partial charge in [-0.3, -0.25) is 14.5 Å². The first-order valence-electron chi connectivity index (χ1n) is 8.41. The number of aromatic nitrogens is 2. The predicted octanol–water partition coefficient (Wildman–Crippen LogP) is 4.58. The van der Waals surface area contributed by atoms with E-state index in [9.17, 15) is 13.2 Å². The largest absolute Gasteiger partial charge is 4.00 e. The van der Waals surface area contributed by atoms with Gasteiger partial charge in [-0.25, -0.2) is 0 Å². The minimum Gasteiger partial charge on any atom is -0.279 e. The smallest absolute Gasteiger partial charge is 0.279 e. The molecule has 10 heteroatoms. The molecule has 2 fully saturated rings. The van der Waals surface area contributed by atoms with E-state index in [4.69, 9.17) is 13.0 Å². The van der Waals surface area contributed by atoms with E-state index < -0.39 is 15.6 Å². The quantitative estimate of drug-likeness (QED) is 0.364. The average molecular weight is 484 g/mol. The molecule has 2 aromatic rings. The molecule has 0 saturated heterocycles. The standard InChI is InChI=1S/C10H8N2.2C5H5.CHF3O3S.Ti/c1-3-7-11-9(5-1)10-6-2-4-8-12-10;2*1-2-4-5-3-1;2-1(3,4)8(5,6)7;/h1-8H;2*1-5H;(H,5,6,7);/q;;;;+4. The molecule has 0 bridgehead atoms. The van der Waals surface area contributed by atoms with Crippen molar-refractivity contribution in [1.82, 2.24) is 9.97 Å². The zero-order valence-corrected chi connectivity index (χ0v) is 18.5. The van der Waals surface area contributed by atoms with Crippen molar-refractivity contribution in [3.8, 4) is 11.4 Å². The van der Waals surface area contributed by atoms with Gasteiger partial charge in [-0.1, -0.05) is 12.1 Å². The number of nitrogens with zero attached hydrogens (tertiary/aromatic N) is 2. The molecule has 0 aromatic carbocycles. The van der Waals surface area contributed by atoms with Gasteiger partial charge in [0.1, 0.15) is 0 Å². The summed E-state index contributed by atoms with van der Waals surface area (Å²) in [5, 5.41) is 0. The third-order valence-electron chi connectivity index (χ3n) is 3.00. The second-order valence-electron chi connectivity index (χ2n) is 5.28. The molecule has 0 spiro atoms. The maximum Gasteiger partial charge on any atom is 4.00 e. The van der Waals surface area contributed by atoms with Gasteiger partial charge < -0.3 is 0 Å². The third-order valence-corrected chi connectivity index (χ3v) is 3.58. The number of halogens is 3. The van der Waals surface area contributed by atoms with E-state index in [-0.39, 0.29) is 21.7 Å². The number of hydrogen-bond donors (Lipinski definition) is 1. The van der Waals surface area contributed by atoms with Gasteiger partial charge in [-0.05, 0) is 88.5 Å². The summed E-state index contributed by atoms with van der Waals surface area (Å²) >= 11 is 0. The van der Waals surface area contributed by atoms with Crippen LogP contribution in [0.1, 0.15) is 0 Å². The Kier molecular flexibility index (Phi) is 15.7. The summed E-state index contributed by atoms with van der Waals surface area (Å²) in [5.41, 5.74) is -3.70. The first kappa shape index (κ1) is 29.7. The second kappa shape index (κ2) is 16.4. The molecule has 1 N–H and O–H groups in total. The van der Waals surface area contributed by atoms with Crippen molar-refractivity contribution in [3.63, 3.8) is 0 Å². The summed E-state index contributed by atoms with van der Waals surface area (Å²) in [6, 6.07) is 11.6. The van der Waals surface area contributed by atoms with Crippen molar-refractivity contribution in [2.75, 3.05) is 0 Å². The van der Waals surface area contributed by atoms with Crippen LogP contribution in [0.4, 0.5) is 13.2 Å². The van der Waals surface area contributed by atoms with Crippen LogP contribution in [0.25, 0.3) is 11.4 Å². The molecule has 0 amide bonds. The van der Waals surface area contributed by atoms with Crippen molar-refractivity contribution in [2.24, 2.45) is 0 Å². The molecular formula is C21H19F3N2O3STi+4. The number of hydrogen-bond acceptors (Lipinski definition) is 4. The first-order chi connectivity index (χ1) is 14.2. The van der Waals surface area contributed by atoms with Crippen molar-refractivity contribution in [2.45, 2.75) is 5.51 Å². The van der Waals surface area contributed by atoms with Gasteiger partial charge in [0.2, 0.25) is 0 Å². The van der Waals surface area contributed by atoms with Crippen LogP contribution in [-0.4, -0.2) is 28.4 Å². The minimum atomic E-state index is -5.84. The summed E-state index contributed by atoms with van der Waals surface area (Å²) in [4.78, 5) is 8.37. The maximum atomic E-state index is 10.7. The van der Waals surface area contributed by atoms with E-state index in [0.717, 1.165) is 11.4 Å². The fourth-order valence-corrected chi connectivity index (χ4v) is 1.67. The first-order valence-corrected chi connectivity index (χ1v) is 9.85. The molecule has 0 unspecified atom stereocenters. The van der Waals surface area contributed by atoms with E-state index >= 15 is 0 Å². The Bertz CT molecular complexity index is 722. The fourth-order valence-electron chi connectivity index (χ4n) is 1.67. The normalized spacial score (nSPS) is 15.1. The molecule has 2 aromatic heterocycles. The summed E-state index contributed by atoms with van der Waals surface area (Å²) in [5.74, 6) is 0. The van der Waals surface area contributed by atoms with Gasteiger partial charge in [0.15, 0.2) is 0 Å². The molecule has 2 aliphatic rings. The Morgan fingerprint density at radius 3 is 1.06 bits per heavy atom. The number of alkyl halides is 3. The summed E-state index contributed by atoms with van der Waals surface area (Å²) < 4.78 is 57.5. The van der Waals surface area contributed by atoms with Crippen molar-refractivity contribution < 1.29 is 47.9 Å². The van der Waals surface area contributed by atoms with Crippen LogP contribution in [0.15, 0.2) is 48.8 Å². The second-order valence-corrected chi connectivity index (χ2v) is 6.69. The Morgan fingerprint density at radius 1 is 0.645 bits per heavy atom. The fraction of sp³-hybridized carbons (Fsp3) is 0.0476. The molecule has 2 aliphatic carbocycles. The van der Waals surface area contributed by atoms with Gasteiger partial charge in [-0.15, -0.1) is 0 Å². The van der Waals surface area contributed by atoms with Crippen LogP contribution in [0.3, 0.4) is 0 Å². The molecule has 0 atom stereocenters. The van der Waals surface area contributed by atoms with E-state index in [0.29, 0.717) is 0 Å². The van der Waals surface area contributed by atoms with Gasteiger partial charge in [0, 0.05) is 12.4 Å². The van der Waals surface area contributed by atoms with E-state index in [1.165, 1.54) is 0 Å². The summed E-state index contributed by atoms with van der Waals surface area (Å²) in [7, 11) is -5.84. The molecular weight excluding hydrogens is 465 g/mol. The number of rotatable bonds is 1. The third kappa shape index (κ3) is 14.4. The molecule has 2 heterocycles. The zero-order chi connectivity index (χ0) is 22.3. The molecule has 4 rings (SSSR count). The van der Waals surface area contributed by atoms with Crippen molar-refractivity contribution in [3.05, 3.63) is 113 Å². The summed E-state index contributed by atoms with van der Waals surface area (Å²) in [6.07, 6.45) is 23.5. The van der Waals surface area contributed by atoms with E-state index in [1.807, 2.05) is 101 Å². The average Bonchev–Trinajstić information content (AvgIpc) is 3.47. The Morgan fingerprint density at radius 2 is 0.903 bits per heavy atom. The Labute approximate surface area is 197 Å². The van der Waals surface area contributed by atoms with Crippen LogP contribution in [0.2, 0.25) is 0 Å². The SMILES string of the molecule is O=S(=O)(O)C(F)(F)F.[CH]1[CH][CH][CH][CH]1.[CH]1[CH][CH][CH][CH]1.[Ti+4].c1ccc(-c2ccccn2)nc1. The molecule has 2 saturated carbocycles. The van der Waals surface area contributed by atoms with Gasteiger partial charge >= 0.3 is 37.3 Å². The summed E-state index contributed by atoms with van der Waals surface area (Å²) in [6.45, 7) is 0. The van der Waals surface area contributed by atoms with Crippen LogP contribution >= 0.6 is 0 Å². The van der Waals surface area contributed by atoms with Gasteiger partial charge in [0.05, 0.1) is 11.4 Å². The number of pyridine rings is 2. The van der Waals surface area contributed by atoms with Gasteiger partial charge in [0.25, 0.3) is 0 Å². The maximum absolute atomic E-state index is 10.7.